The van der Waals surface area contributed by atoms with Crippen molar-refractivity contribution in [1.29, 1.82) is 0 Å². The highest BCUT2D eigenvalue weighted by Gasteiger charge is 2.11. The second kappa shape index (κ2) is 9.13. The van der Waals surface area contributed by atoms with E-state index in [4.69, 9.17) is 4.52 Å². The first-order valence-corrected chi connectivity index (χ1v) is 9.22. The largest absolute Gasteiger partial charge is 0.352 e. The van der Waals surface area contributed by atoms with Crippen molar-refractivity contribution in [1.82, 2.24) is 20.8 Å². The maximum atomic E-state index is 11.6. The molecule has 2 rings (SSSR count). The van der Waals surface area contributed by atoms with E-state index in [1.165, 1.54) is 6.26 Å². The molecule has 0 aliphatic carbocycles. The van der Waals surface area contributed by atoms with Crippen LogP contribution in [0.25, 0.3) is 0 Å². The van der Waals surface area contributed by atoms with Crippen LogP contribution in [0.2, 0.25) is 0 Å². The third-order valence-corrected chi connectivity index (χ3v) is 4.56. The van der Waals surface area contributed by atoms with E-state index in [0.717, 1.165) is 11.1 Å². The van der Waals surface area contributed by atoms with Crippen LogP contribution >= 0.6 is 24.0 Å². The topological polar surface area (TPSA) is 109 Å². The fourth-order valence-corrected chi connectivity index (χ4v) is 3.18. The van der Waals surface area contributed by atoms with Crippen LogP contribution in [0.4, 0.5) is 0 Å². The van der Waals surface area contributed by atoms with Gasteiger partial charge in [0.05, 0.1) is 11.4 Å². The Kier molecular flexibility index (Phi) is 7.80. The second-order valence-corrected chi connectivity index (χ2v) is 7.37. The van der Waals surface area contributed by atoms with Gasteiger partial charge in [0, 0.05) is 26.8 Å². The molecule has 0 radical (unpaired) electrons. The van der Waals surface area contributed by atoms with Crippen molar-refractivity contribution < 1.29 is 12.9 Å². The molecule has 2 aromatic rings. The van der Waals surface area contributed by atoms with E-state index in [-0.39, 0.29) is 24.0 Å². The first-order chi connectivity index (χ1) is 11.3. The summed E-state index contributed by atoms with van der Waals surface area (Å²) in [6.45, 7) is 4.41. The lowest BCUT2D eigenvalue weighted by Crippen LogP contribution is -2.36. The summed E-state index contributed by atoms with van der Waals surface area (Å²) in [5.41, 5.74) is 1.68. The fraction of sp³-hybridized carbons (Fsp3) is 0.400. The van der Waals surface area contributed by atoms with Gasteiger partial charge in [-0.1, -0.05) is 17.3 Å². The highest BCUT2D eigenvalue weighted by molar-refractivity contribution is 14.0. The van der Waals surface area contributed by atoms with E-state index < -0.39 is 9.84 Å². The third-order valence-electron chi connectivity index (χ3n) is 3.31. The fourth-order valence-electron chi connectivity index (χ4n) is 2.22. The van der Waals surface area contributed by atoms with Crippen LogP contribution in [-0.4, -0.2) is 37.8 Å². The molecule has 0 unspecified atom stereocenters. The van der Waals surface area contributed by atoms with E-state index in [2.05, 4.69) is 25.8 Å². The van der Waals surface area contributed by atoms with Crippen molar-refractivity contribution in [2.45, 2.75) is 31.8 Å². The van der Waals surface area contributed by atoms with Gasteiger partial charge in [-0.15, -0.1) is 24.0 Å². The summed E-state index contributed by atoms with van der Waals surface area (Å²) in [6.07, 6.45) is 1.21. The number of rotatable bonds is 5. The van der Waals surface area contributed by atoms with Gasteiger partial charge in [-0.25, -0.2) is 8.42 Å². The Morgan fingerprint density at radius 3 is 2.44 bits per heavy atom. The highest BCUT2D eigenvalue weighted by atomic mass is 127. The van der Waals surface area contributed by atoms with Crippen molar-refractivity contribution in [2.24, 2.45) is 4.99 Å². The zero-order chi connectivity index (χ0) is 17.7. The number of sulfone groups is 1. The maximum absolute atomic E-state index is 11.6. The van der Waals surface area contributed by atoms with Crippen molar-refractivity contribution in [3.8, 4) is 0 Å². The number of halogens is 1. The molecule has 10 heteroatoms. The van der Waals surface area contributed by atoms with Gasteiger partial charge in [0.25, 0.3) is 0 Å². The number of nitrogens with one attached hydrogen (secondary N) is 2. The molecule has 1 aromatic heterocycles. The minimum Gasteiger partial charge on any atom is -0.352 e. The van der Waals surface area contributed by atoms with Crippen LogP contribution in [0.15, 0.2) is 32.6 Å². The number of hydrogen-bond donors (Lipinski definition) is 2. The van der Waals surface area contributed by atoms with Gasteiger partial charge in [0.15, 0.2) is 21.6 Å². The summed E-state index contributed by atoms with van der Waals surface area (Å²) in [4.78, 5) is 8.56. The second-order valence-electron chi connectivity index (χ2n) is 5.38. The summed E-state index contributed by atoms with van der Waals surface area (Å²) < 4.78 is 28.2. The molecule has 0 amide bonds. The number of hydrogen-bond acceptors (Lipinski definition) is 6. The predicted molar refractivity (Wildman–Crippen MR) is 106 cm³/mol. The molecule has 8 nitrogen and oxygen atoms in total. The van der Waals surface area contributed by atoms with Gasteiger partial charge in [0.1, 0.15) is 0 Å². The highest BCUT2D eigenvalue weighted by Crippen LogP contribution is 2.16. The molecule has 0 saturated carbocycles. The predicted octanol–water partition coefficient (Wildman–Crippen LogP) is 1.57. The van der Waals surface area contributed by atoms with Gasteiger partial charge in [-0.3, -0.25) is 4.99 Å². The van der Waals surface area contributed by atoms with E-state index in [1.807, 2.05) is 6.07 Å². The molecule has 25 heavy (non-hydrogen) atoms. The number of aliphatic imine (C=N–C) groups is 1. The first-order valence-electron chi connectivity index (χ1n) is 7.33. The Hall–Kier alpha value is -1.69. The molecule has 1 heterocycles. The van der Waals surface area contributed by atoms with Gasteiger partial charge in [-0.05, 0) is 24.1 Å². The van der Waals surface area contributed by atoms with Crippen LogP contribution < -0.4 is 10.6 Å². The summed E-state index contributed by atoms with van der Waals surface area (Å²) in [7, 11) is -1.54. The third kappa shape index (κ3) is 6.27. The smallest absolute Gasteiger partial charge is 0.223 e. The molecule has 0 aliphatic rings. The molecule has 138 valence electrons. The number of aromatic nitrogens is 2. The number of nitrogens with zero attached hydrogens (tertiary/aromatic N) is 3. The minimum absolute atomic E-state index is 0. The molecule has 2 N–H and O–H groups in total. The quantitative estimate of drug-likeness (QED) is 0.381. The zero-order valence-electron chi connectivity index (χ0n) is 14.5. The Bertz CT molecular complexity index is 849. The summed E-state index contributed by atoms with van der Waals surface area (Å²) in [5.74, 6) is 1.64. The molecular formula is C15H22IN5O3S. The summed E-state index contributed by atoms with van der Waals surface area (Å²) >= 11 is 0. The molecule has 1 aromatic carbocycles. The van der Waals surface area contributed by atoms with E-state index in [0.29, 0.717) is 35.7 Å². The lowest BCUT2D eigenvalue weighted by Gasteiger charge is -2.12. The summed E-state index contributed by atoms with van der Waals surface area (Å²) in [5, 5.41) is 10.0. The van der Waals surface area contributed by atoms with Crippen LogP contribution in [-0.2, 0) is 22.9 Å². The molecule has 0 aliphatic heterocycles. The first kappa shape index (κ1) is 21.4. The molecule has 0 saturated heterocycles. The van der Waals surface area contributed by atoms with Crippen LogP contribution in [0.1, 0.15) is 22.8 Å². The Labute approximate surface area is 164 Å². The van der Waals surface area contributed by atoms with Gasteiger partial charge in [-0.2, -0.15) is 4.98 Å². The number of aryl methyl sites for hydroxylation is 2. The van der Waals surface area contributed by atoms with Crippen LogP contribution in [0.5, 0.6) is 0 Å². The lowest BCUT2D eigenvalue weighted by molar-refractivity contribution is 0.387. The number of benzene rings is 1. The molecule has 0 spiro atoms. The van der Waals surface area contributed by atoms with Gasteiger partial charge >= 0.3 is 0 Å². The molecule has 0 bridgehead atoms. The number of guanidine groups is 1. The van der Waals surface area contributed by atoms with Crippen LogP contribution in [0.3, 0.4) is 0 Å². The maximum Gasteiger partial charge on any atom is 0.223 e. The average molecular weight is 479 g/mol. The van der Waals surface area contributed by atoms with Crippen LogP contribution in [0, 0.1) is 13.8 Å². The minimum atomic E-state index is -3.20. The van der Waals surface area contributed by atoms with E-state index >= 15 is 0 Å². The van der Waals surface area contributed by atoms with Crippen molar-refractivity contribution >= 4 is 39.8 Å². The van der Waals surface area contributed by atoms with Crippen molar-refractivity contribution in [3.63, 3.8) is 0 Å². The van der Waals surface area contributed by atoms with Crippen molar-refractivity contribution in [3.05, 3.63) is 41.0 Å². The Morgan fingerprint density at radius 2 is 1.92 bits per heavy atom. The van der Waals surface area contributed by atoms with E-state index in [9.17, 15) is 8.42 Å². The van der Waals surface area contributed by atoms with Crippen molar-refractivity contribution in [2.75, 3.05) is 13.3 Å². The monoisotopic (exact) mass is 479 g/mol. The SMILES string of the molecule is CN=C(NCc1ccc(S(C)(=O)=O)c(C)c1)NCc1noc(C)n1.I. The summed E-state index contributed by atoms with van der Waals surface area (Å²) in [6, 6.07) is 5.26. The Morgan fingerprint density at radius 1 is 1.24 bits per heavy atom. The standard InChI is InChI=1S/C15H21N5O3S.HI/c1-10-7-12(5-6-13(10)24(4,21)22)8-17-15(16-3)18-9-14-19-11(2)23-20-14;/h5-7H,8-9H2,1-4H3,(H2,16,17,18);1H. The normalized spacial score (nSPS) is 11.8. The average Bonchev–Trinajstić information content (AvgIpc) is 2.92. The zero-order valence-corrected chi connectivity index (χ0v) is 17.7. The molecule has 0 atom stereocenters. The van der Waals surface area contributed by atoms with Gasteiger partial charge < -0.3 is 15.2 Å². The lowest BCUT2D eigenvalue weighted by atomic mass is 10.1. The molecular weight excluding hydrogens is 457 g/mol. The van der Waals surface area contributed by atoms with E-state index in [1.54, 1.807) is 33.0 Å². The Balaban J connectivity index is 0.00000312. The van der Waals surface area contributed by atoms with Gasteiger partial charge in [0.2, 0.25) is 5.89 Å². The molecule has 0 fully saturated rings.